The van der Waals surface area contributed by atoms with Crippen LogP contribution in [0.2, 0.25) is 0 Å². The molecule has 2 aliphatic rings. The summed E-state index contributed by atoms with van der Waals surface area (Å²) in [7, 11) is 0. The first-order chi connectivity index (χ1) is 7.42. The number of aliphatic hydroxyl groups excluding tert-OH is 2. The van der Waals surface area contributed by atoms with E-state index < -0.39 is 35.3 Å². The third kappa shape index (κ3) is 1.07. The Morgan fingerprint density at radius 1 is 1.38 bits per heavy atom. The number of hydrogen-bond donors (Lipinski definition) is 2. The minimum Gasteiger partial charge on any atom is -0.428 e. The minimum absolute atomic E-state index is 0.126. The van der Waals surface area contributed by atoms with Crippen LogP contribution >= 0.6 is 0 Å². The summed E-state index contributed by atoms with van der Waals surface area (Å²) in [6, 6.07) is 0. The van der Waals surface area contributed by atoms with Gasteiger partial charge < -0.3 is 14.9 Å². The Hall–Kier alpha value is -1.46. The maximum absolute atomic E-state index is 11.7. The van der Waals surface area contributed by atoms with Gasteiger partial charge in [-0.1, -0.05) is 19.6 Å². The molecule has 1 saturated heterocycles. The van der Waals surface area contributed by atoms with Gasteiger partial charge in [-0.15, -0.1) is 0 Å². The van der Waals surface area contributed by atoms with Gasteiger partial charge in [0, 0.05) is 0 Å². The number of ether oxygens (including phenoxy) is 1. The van der Waals surface area contributed by atoms with E-state index in [0.717, 1.165) is 0 Å². The normalized spacial score (nSPS) is 42.9. The Morgan fingerprint density at radius 3 is 2.50 bits per heavy atom. The van der Waals surface area contributed by atoms with Crippen molar-refractivity contribution in [2.75, 3.05) is 0 Å². The first-order valence-electron chi connectivity index (χ1n) is 4.91. The zero-order chi connectivity index (χ0) is 12.1. The highest BCUT2D eigenvalue weighted by Crippen LogP contribution is 2.47. The Balaban J connectivity index is 2.58. The predicted octanol–water partition coefficient (Wildman–Crippen LogP) is -0.460. The van der Waals surface area contributed by atoms with E-state index in [0.29, 0.717) is 0 Å². The van der Waals surface area contributed by atoms with Crippen LogP contribution in [0.3, 0.4) is 0 Å². The average Bonchev–Trinajstić information content (AvgIpc) is 2.45. The lowest BCUT2D eigenvalue weighted by Crippen LogP contribution is -2.55. The molecule has 1 heterocycles. The highest BCUT2D eigenvalue weighted by molar-refractivity contribution is 6.01. The molecule has 5 heteroatoms. The molecule has 1 spiro atoms. The Bertz CT molecular complexity index is 411. The van der Waals surface area contributed by atoms with Crippen LogP contribution in [0, 0.1) is 11.3 Å². The van der Waals surface area contributed by atoms with E-state index in [9.17, 15) is 19.8 Å². The quantitative estimate of drug-likeness (QED) is 0.544. The first-order valence-corrected chi connectivity index (χ1v) is 4.91. The monoisotopic (exact) mass is 224 g/mol. The summed E-state index contributed by atoms with van der Waals surface area (Å²) in [6.07, 6.45) is -0.257. The van der Waals surface area contributed by atoms with E-state index in [2.05, 4.69) is 6.58 Å². The Kier molecular flexibility index (Phi) is 2.25. The van der Waals surface area contributed by atoms with Crippen molar-refractivity contribution in [3.8, 4) is 0 Å². The van der Waals surface area contributed by atoms with Crippen LogP contribution < -0.4 is 0 Å². The van der Waals surface area contributed by atoms with Crippen molar-refractivity contribution < 1.29 is 24.5 Å². The van der Waals surface area contributed by atoms with Gasteiger partial charge in [0.2, 0.25) is 0 Å². The van der Waals surface area contributed by atoms with Crippen molar-refractivity contribution in [2.24, 2.45) is 11.3 Å². The van der Waals surface area contributed by atoms with Crippen molar-refractivity contribution in [1.29, 1.82) is 0 Å². The molecule has 0 aromatic carbocycles. The van der Waals surface area contributed by atoms with Crippen molar-refractivity contribution >= 4 is 11.8 Å². The largest absolute Gasteiger partial charge is 0.428 e. The summed E-state index contributed by atoms with van der Waals surface area (Å²) in [6.45, 7) is 5.02. The number of hydrogen-bond acceptors (Lipinski definition) is 5. The molecule has 4 unspecified atom stereocenters. The van der Waals surface area contributed by atoms with E-state index in [1.807, 2.05) is 0 Å². The van der Waals surface area contributed by atoms with Gasteiger partial charge in [-0.25, -0.2) is 0 Å². The van der Waals surface area contributed by atoms with Crippen molar-refractivity contribution in [2.45, 2.75) is 19.1 Å². The molecule has 86 valence electrons. The highest BCUT2D eigenvalue weighted by Gasteiger charge is 2.64. The second-order valence-electron chi connectivity index (χ2n) is 4.14. The molecule has 2 N–H and O–H groups in total. The molecule has 16 heavy (non-hydrogen) atoms. The topological polar surface area (TPSA) is 83.8 Å². The van der Waals surface area contributed by atoms with E-state index in [4.69, 9.17) is 4.74 Å². The SMILES string of the molecule is C=C1OC(=O)C2(C(C)C=CC(=O)C2O)C1O. The summed E-state index contributed by atoms with van der Waals surface area (Å²) in [5.74, 6) is -2.03. The maximum atomic E-state index is 11.7. The van der Waals surface area contributed by atoms with Crippen molar-refractivity contribution in [1.82, 2.24) is 0 Å². The number of esters is 1. The molecule has 1 fully saturated rings. The number of rotatable bonds is 0. The molecule has 0 radical (unpaired) electrons. The van der Waals surface area contributed by atoms with E-state index in [1.54, 1.807) is 6.92 Å². The smallest absolute Gasteiger partial charge is 0.324 e. The molecule has 0 saturated carbocycles. The van der Waals surface area contributed by atoms with Crippen LogP contribution in [-0.4, -0.2) is 34.2 Å². The molecule has 0 amide bonds. The summed E-state index contributed by atoms with van der Waals surface area (Å²) >= 11 is 0. The van der Waals surface area contributed by atoms with E-state index in [1.165, 1.54) is 12.2 Å². The molecule has 2 rings (SSSR count). The van der Waals surface area contributed by atoms with Crippen LogP contribution in [0.1, 0.15) is 6.92 Å². The van der Waals surface area contributed by atoms with E-state index in [-0.39, 0.29) is 5.76 Å². The molecule has 4 atom stereocenters. The number of allylic oxidation sites excluding steroid dienone is 1. The van der Waals surface area contributed by atoms with Crippen LogP contribution in [0.5, 0.6) is 0 Å². The summed E-state index contributed by atoms with van der Waals surface area (Å²) in [5.41, 5.74) is -1.64. The summed E-state index contributed by atoms with van der Waals surface area (Å²) in [5, 5.41) is 19.8. The van der Waals surface area contributed by atoms with Gasteiger partial charge in [0.25, 0.3) is 0 Å². The van der Waals surface area contributed by atoms with Gasteiger partial charge in [-0.05, 0) is 12.0 Å². The molecule has 1 aliphatic carbocycles. The van der Waals surface area contributed by atoms with Gasteiger partial charge in [-0.2, -0.15) is 0 Å². The molecule has 0 aromatic rings. The average molecular weight is 224 g/mol. The fraction of sp³-hybridized carbons (Fsp3) is 0.455. The predicted molar refractivity (Wildman–Crippen MR) is 53.0 cm³/mol. The summed E-state index contributed by atoms with van der Waals surface area (Å²) in [4.78, 5) is 23.2. The number of carbonyl (C=O) groups is 2. The maximum Gasteiger partial charge on any atom is 0.324 e. The zero-order valence-corrected chi connectivity index (χ0v) is 8.71. The third-order valence-electron chi connectivity index (χ3n) is 3.36. The third-order valence-corrected chi connectivity index (χ3v) is 3.36. The van der Waals surface area contributed by atoms with Gasteiger partial charge in [-0.3, -0.25) is 9.59 Å². The first kappa shape index (κ1) is 11.0. The lowest BCUT2D eigenvalue weighted by molar-refractivity contribution is -0.163. The molecule has 1 aliphatic heterocycles. The number of cyclic esters (lactones) is 1. The van der Waals surface area contributed by atoms with E-state index >= 15 is 0 Å². The molecule has 0 aromatic heterocycles. The molecular weight excluding hydrogens is 212 g/mol. The minimum atomic E-state index is -1.64. The number of carbonyl (C=O) groups excluding carboxylic acids is 2. The fourth-order valence-electron chi connectivity index (χ4n) is 2.31. The van der Waals surface area contributed by atoms with Gasteiger partial charge in [0.1, 0.15) is 23.4 Å². The number of ketones is 1. The van der Waals surface area contributed by atoms with Crippen LogP contribution in [0.25, 0.3) is 0 Å². The highest BCUT2D eigenvalue weighted by atomic mass is 16.6. The standard InChI is InChI=1S/C11H12O5/c1-5-3-4-7(12)9(14)11(5)8(13)6(2)16-10(11)15/h3-5,8-9,13-14H,2H2,1H3. The summed E-state index contributed by atoms with van der Waals surface area (Å²) < 4.78 is 4.73. The van der Waals surface area contributed by atoms with Crippen LogP contribution in [-0.2, 0) is 14.3 Å². The zero-order valence-electron chi connectivity index (χ0n) is 8.71. The van der Waals surface area contributed by atoms with Gasteiger partial charge in [0.05, 0.1) is 0 Å². The second-order valence-corrected chi connectivity index (χ2v) is 4.14. The Morgan fingerprint density at radius 2 is 2.00 bits per heavy atom. The lowest BCUT2D eigenvalue weighted by atomic mass is 9.65. The van der Waals surface area contributed by atoms with Crippen LogP contribution in [0.15, 0.2) is 24.5 Å². The van der Waals surface area contributed by atoms with Gasteiger partial charge >= 0.3 is 5.97 Å². The molecule has 0 bridgehead atoms. The molecular formula is C11H12O5. The van der Waals surface area contributed by atoms with Crippen LogP contribution in [0.4, 0.5) is 0 Å². The van der Waals surface area contributed by atoms with Crippen molar-refractivity contribution in [3.63, 3.8) is 0 Å². The van der Waals surface area contributed by atoms with Crippen molar-refractivity contribution in [3.05, 3.63) is 24.5 Å². The van der Waals surface area contributed by atoms with Gasteiger partial charge in [0.15, 0.2) is 5.78 Å². The lowest BCUT2D eigenvalue weighted by Gasteiger charge is -2.37. The molecule has 5 nitrogen and oxygen atoms in total. The number of aliphatic hydroxyl groups is 2. The fourth-order valence-corrected chi connectivity index (χ4v) is 2.31. The second kappa shape index (κ2) is 3.26. The Labute approximate surface area is 92.0 Å².